The topological polar surface area (TPSA) is 79.9 Å². The largest absolute Gasteiger partial charge is 0.492 e. The fourth-order valence-electron chi connectivity index (χ4n) is 2.86. The highest BCUT2D eigenvalue weighted by Crippen LogP contribution is 2.27. The van der Waals surface area contributed by atoms with E-state index in [1.165, 1.54) is 25.7 Å². The minimum atomic E-state index is 0.105. The first-order valence-electron chi connectivity index (χ1n) is 7.65. The number of rotatable bonds is 7. The van der Waals surface area contributed by atoms with Crippen LogP contribution in [0, 0.1) is 5.92 Å². The van der Waals surface area contributed by atoms with Gasteiger partial charge in [-0.3, -0.25) is 0 Å². The van der Waals surface area contributed by atoms with Gasteiger partial charge in [-0.15, -0.1) is 0 Å². The Bertz CT molecular complexity index is 453. The van der Waals surface area contributed by atoms with Crippen molar-refractivity contribution >= 4 is 5.84 Å². The van der Waals surface area contributed by atoms with Crippen LogP contribution in [-0.4, -0.2) is 30.2 Å². The van der Waals surface area contributed by atoms with E-state index in [1.54, 1.807) is 12.1 Å². The molecule has 1 aliphatic carbocycles. The molecule has 0 unspecified atom stereocenters. The number of nitrogens with zero attached hydrogens (tertiary/aromatic N) is 1. The zero-order valence-electron chi connectivity index (χ0n) is 12.6. The van der Waals surface area contributed by atoms with Crippen LogP contribution in [0.25, 0.3) is 0 Å². The SMILES string of the molecule is C[C@@H](NCCOc1ccc(/C(N)=N/O)cc1)C1CCCC1. The van der Waals surface area contributed by atoms with Gasteiger partial charge >= 0.3 is 0 Å². The molecule has 1 fully saturated rings. The van der Waals surface area contributed by atoms with Crippen molar-refractivity contribution in [3.63, 3.8) is 0 Å². The third kappa shape index (κ3) is 4.63. The molecule has 0 bridgehead atoms. The predicted molar refractivity (Wildman–Crippen MR) is 83.9 cm³/mol. The standard InChI is InChI=1S/C16H25N3O2/c1-12(13-4-2-3-5-13)18-10-11-21-15-8-6-14(7-9-15)16(17)19-20/h6-9,12-13,18,20H,2-5,10-11H2,1H3,(H2,17,19)/t12-/m1/s1. The Balaban J connectivity index is 1.68. The molecule has 116 valence electrons. The first-order valence-corrected chi connectivity index (χ1v) is 7.65. The van der Waals surface area contributed by atoms with E-state index in [4.69, 9.17) is 15.7 Å². The molecule has 4 N–H and O–H groups in total. The molecule has 5 heteroatoms. The molecule has 0 saturated heterocycles. The molecule has 1 aliphatic rings. The Morgan fingerprint density at radius 2 is 2.05 bits per heavy atom. The minimum Gasteiger partial charge on any atom is -0.492 e. The molecule has 1 saturated carbocycles. The van der Waals surface area contributed by atoms with Crippen LogP contribution < -0.4 is 15.8 Å². The number of ether oxygens (including phenoxy) is 1. The molecule has 0 spiro atoms. The maximum atomic E-state index is 8.60. The van der Waals surface area contributed by atoms with E-state index in [9.17, 15) is 0 Å². The summed E-state index contributed by atoms with van der Waals surface area (Å²) in [5.41, 5.74) is 6.19. The van der Waals surface area contributed by atoms with Crippen molar-refractivity contribution in [3.05, 3.63) is 29.8 Å². The van der Waals surface area contributed by atoms with Gasteiger partial charge in [0.1, 0.15) is 12.4 Å². The maximum Gasteiger partial charge on any atom is 0.170 e. The fraction of sp³-hybridized carbons (Fsp3) is 0.562. The minimum absolute atomic E-state index is 0.105. The number of hydrogen-bond acceptors (Lipinski definition) is 4. The summed E-state index contributed by atoms with van der Waals surface area (Å²) in [7, 11) is 0. The van der Waals surface area contributed by atoms with Gasteiger partial charge in [0, 0.05) is 18.2 Å². The van der Waals surface area contributed by atoms with E-state index in [0.29, 0.717) is 18.2 Å². The summed E-state index contributed by atoms with van der Waals surface area (Å²) in [6.07, 6.45) is 5.45. The Morgan fingerprint density at radius 1 is 1.38 bits per heavy atom. The summed E-state index contributed by atoms with van der Waals surface area (Å²) >= 11 is 0. The normalized spacial score (nSPS) is 17.9. The van der Waals surface area contributed by atoms with Crippen molar-refractivity contribution in [1.82, 2.24) is 5.32 Å². The number of nitrogens with two attached hydrogens (primary N) is 1. The van der Waals surface area contributed by atoms with Gasteiger partial charge in [-0.05, 0) is 49.9 Å². The third-order valence-electron chi connectivity index (χ3n) is 4.20. The second kappa shape index (κ2) is 7.88. The Hall–Kier alpha value is -1.75. The molecule has 0 amide bonds. The average molecular weight is 291 g/mol. The summed E-state index contributed by atoms with van der Waals surface area (Å²) in [5, 5.41) is 15.1. The van der Waals surface area contributed by atoms with Crippen molar-refractivity contribution in [2.75, 3.05) is 13.2 Å². The first kappa shape index (κ1) is 15.6. The van der Waals surface area contributed by atoms with Crippen LogP contribution >= 0.6 is 0 Å². The molecular weight excluding hydrogens is 266 g/mol. The number of hydrogen-bond donors (Lipinski definition) is 3. The zero-order chi connectivity index (χ0) is 15.1. The van der Waals surface area contributed by atoms with Crippen LogP contribution in [0.4, 0.5) is 0 Å². The van der Waals surface area contributed by atoms with E-state index in [2.05, 4.69) is 17.4 Å². The van der Waals surface area contributed by atoms with Crippen molar-refractivity contribution in [2.24, 2.45) is 16.8 Å². The molecule has 21 heavy (non-hydrogen) atoms. The lowest BCUT2D eigenvalue weighted by molar-refractivity contribution is 0.290. The van der Waals surface area contributed by atoms with Crippen LogP contribution in [0.5, 0.6) is 5.75 Å². The molecule has 0 radical (unpaired) electrons. The molecule has 0 aromatic heterocycles. The van der Waals surface area contributed by atoms with Crippen LogP contribution in [0.1, 0.15) is 38.2 Å². The van der Waals surface area contributed by atoms with Crippen molar-refractivity contribution in [2.45, 2.75) is 38.6 Å². The van der Waals surface area contributed by atoms with Gasteiger partial charge in [-0.1, -0.05) is 18.0 Å². The molecule has 0 aliphatic heterocycles. The van der Waals surface area contributed by atoms with Crippen LogP contribution in [0.3, 0.4) is 0 Å². The Labute approximate surface area is 126 Å². The highest BCUT2D eigenvalue weighted by Gasteiger charge is 2.20. The molecule has 2 rings (SSSR count). The van der Waals surface area contributed by atoms with E-state index in [-0.39, 0.29) is 5.84 Å². The highest BCUT2D eigenvalue weighted by molar-refractivity contribution is 5.97. The van der Waals surface area contributed by atoms with E-state index in [1.807, 2.05) is 12.1 Å². The first-order chi connectivity index (χ1) is 10.2. The Kier molecular flexibility index (Phi) is 5.87. The molecule has 1 aromatic rings. The van der Waals surface area contributed by atoms with Crippen molar-refractivity contribution in [3.8, 4) is 5.75 Å². The lowest BCUT2D eigenvalue weighted by Crippen LogP contribution is -2.35. The third-order valence-corrected chi connectivity index (χ3v) is 4.20. The number of nitrogens with one attached hydrogen (secondary N) is 1. The van der Waals surface area contributed by atoms with Gasteiger partial charge in [0.15, 0.2) is 5.84 Å². The van der Waals surface area contributed by atoms with Gasteiger partial charge < -0.3 is 21.0 Å². The summed E-state index contributed by atoms with van der Waals surface area (Å²) in [5.74, 6) is 1.72. The van der Waals surface area contributed by atoms with Crippen molar-refractivity contribution < 1.29 is 9.94 Å². The van der Waals surface area contributed by atoms with Crippen LogP contribution in [-0.2, 0) is 0 Å². The molecule has 1 atom stereocenters. The summed E-state index contributed by atoms with van der Waals surface area (Å²) in [4.78, 5) is 0. The van der Waals surface area contributed by atoms with Gasteiger partial charge in [0.2, 0.25) is 0 Å². The highest BCUT2D eigenvalue weighted by atomic mass is 16.5. The monoisotopic (exact) mass is 291 g/mol. The molecule has 5 nitrogen and oxygen atoms in total. The van der Waals surface area contributed by atoms with Crippen LogP contribution in [0.15, 0.2) is 29.4 Å². The van der Waals surface area contributed by atoms with E-state index in [0.717, 1.165) is 18.2 Å². The maximum absolute atomic E-state index is 8.60. The van der Waals surface area contributed by atoms with Gasteiger partial charge in [-0.25, -0.2) is 0 Å². The lowest BCUT2D eigenvalue weighted by Gasteiger charge is -2.20. The lowest BCUT2D eigenvalue weighted by atomic mass is 10.00. The predicted octanol–water partition coefficient (Wildman–Crippen LogP) is 2.33. The second-order valence-corrected chi connectivity index (χ2v) is 5.65. The summed E-state index contributed by atoms with van der Waals surface area (Å²) in [6, 6.07) is 7.78. The van der Waals surface area contributed by atoms with E-state index < -0.39 is 0 Å². The van der Waals surface area contributed by atoms with Crippen molar-refractivity contribution in [1.29, 1.82) is 0 Å². The fourth-order valence-corrected chi connectivity index (χ4v) is 2.86. The molecular formula is C16H25N3O2. The van der Waals surface area contributed by atoms with E-state index >= 15 is 0 Å². The smallest absolute Gasteiger partial charge is 0.170 e. The Morgan fingerprint density at radius 3 is 2.67 bits per heavy atom. The molecule has 1 aromatic carbocycles. The molecule has 0 heterocycles. The number of oxime groups is 1. The number of benzene rings is 1. The van der Waals surface area contributed by atoms with Gasteiger partial charge in [0.25, 0.3) is 0 Å². The summed E-state index contributed by atoms with van der Waals surface area (Å²) < 4.78 is 5.68. The second-order valence-electron chi connectivity index (χ2n) is 5.65. The van der Waals surface area contributed by atoms with Gasteiger partial charge in [-0.2, -0.15) is 0 Å². The van der Waals surface area contributed by atoms with Crippen LogP contribution in [0.2, 0.25) is 0 Å². The van der Waals surface area contributed by atoms with Gasteiger partial charge in [0.05, 0.1) is 0 Å². The summed E-state index contributed by atoms with van der Waals surface area (Å²) in [6.45, 7) is 3.75. The average Bonchev–Trinajstić information content (AvgIpc) is 3.05. The zero-order valence-corrected chi connectivity index (χ0v) is 12.6. The quantitative estimate of drug-likeness (QED) is 0.237. The number of amidine groups is 1.